The molecule has 2 aromatic carbocycles. The van der Waals surface area contributed by atoms with Crippen LogP contribution in [-0.4, -0.2) is 155 Å². The fourth-order valence-electron chi connectivity index (χ4n) is 5.05. The Morgan fingerprint density at radius 3 is 1.00 bits per heavy atom. The number of nitrogens with one attached hydrogen (secondary N) is 4. The number of carbonyl (C=O) groups excluding carboxylic acids is 6. The highest BCUT2D eigenvalue weighted by atomic mass is 127. The maximum absolute atomic E-state index is 13.6. The number of amides is 6. The number of anilines is 2. The van der Waals surface area contributed by atoms with Crippen molar-refractivity contribution in [2.45, 2.75) is 32.2 Å². The number of nitrogens with zero attached hydrogens (tertiary/aromatic N) is 2. The summed E-state index contributed by atoms with van der Waals surface area (Å²) in [7, 11) is 0. The first-order valence-electron chi connectivity index (χ1n) is 16.8. The van der Waals surface area contributed by atoms with Crippen LogP contribution < -0.4 is 31.1 Å². The summed E-state index contributed by atoms with van der Waals surface area (Å²) in [6.07, 6.45) is -4.15. The van der Waals surface area contributed by atoms with Crippen molar-refractivity contribution in [1.29, 1.82) is 0 Å². The first-order chi connectivity index (χ1) is 27.2. The summed E-state index contributed by atoms with van der Waals surface area (Å²) >= 11 is 10.9. The lowest BCUT2D eigenvalue weighted by Gasteiger charge is -2.32. The quantitative estimate of drug-likeness (QED) is 0.0760. The Hall–Kier alpha value is -0.640. The zero-order valence-corrected chi connectivity index (χ0v) is 43.5. The van der Waals surface area contributed by atoms with Gasteiger partial charge in [-0.2, -0.15) is 0 Å². The van der Waals surface area contributed by atoms with Crippen molar-refractivity contribution in [3.05, 3.63) is 43.7 Å². The summed E-state index contributed by atoms with van der Waals surface area (Å²) in [5, 5.41) is 78.7. The van der Waals surface area contributed by atoms with E-state index in [9.17, 15) is 64.5 Å². The summed E-state index contributed by atoms with van der Waals surface area (Å²) < 4.78 is 1.08. The van der Waals surface area contributed by atoms with Gasteiger partial charge in [0.25, 0.3) is 23.6 Å². The van der Waals surface area contributed by atoms with Gasteiger partial charge in [0.1, 0.15) is 0 Å². The lowest BCUT2D eigenvalue weighted by Crippen LogP contribution is -2.45. The van der Waals surface area contributed by atoms with Crippen molar-refractivity contribution in [1.82, 2.24) is 21.3 Å². The van der Waals surface area contributed by atoms with Crippen molar-refractivity contribution in [2.75, 3.05) is 75.5 Å². The monoisotopic (exact) mass is 1490 g/mol. The average Bonchev–Trinajstić information content (AvgIpc) is 3.16. The number of aliphatic hydroxyl groups excluding tert-OH is 7. The van der Waals surface area contributed by atoms with Crippen LogP contribution in [0.5, 0.6) is 0 Å². The maximum atomic E-state index is 13.6. The minimum Gasteiger partial charge on any atom is -0.395 e. The molecule has 0 saturated heterocycles. The molecular weight excluding hydrogens is 1450 g/mol. The number of aliphatic hydroxyl groups is 7. The summed E-state index contributed by atoms with van der Waals surface area (Å²) in [5.74, 6) is -4.17. The minimum atomic E-state index is -1.56. The molecule has 0 aliphatic carbocycles. The van der Waals surface area contributed by atoms with E-state index in [1.807, 2.05) is 90.4 Å². The molecule has 0 spiro atoms. The molecule has 2 rings (SSSR count). The van der Waals surface area contributed by atoms with Crippen LogP contribution in [0.3, 0.4) is 0 Å². The highest BCUT2D eigenvalue weighted by Gasteiger charge is 2.35. The predicted molar refractivity (Wildman–Crippen MR) is 261 cm³/mol. The van der Waals surface area contributed by atoms with Gasteiger partial charge >= 0.3 is 0 Å². The maximum Gasteiger partial charge on any atom is 0.253 e. The molecule has 0 aliphatic heterocycles. The summed E-state index contributed by atoms with van der Waals surface area (Å²) in [5.41, 5.74) is -0.0824. The Balaban J connectivity index is 2.82. The Kier molecular flexibility index (Phi) is 23.5. The third-order valence-electron chi connectivity index (χ3n) is 7.80. The first-order valence-corrected chi connectivity index (χ1v) is 23.3. The van der Waals surface area contributed by atoms with Gasteiger partial charge in [-0.1, -0.05) is 0 Å². The number of halogens is 6. The van der Waals surface area contributed by atoms with Gasteiger partial charge in [0.15, 0.2) is 0 Å². The molecule has 0 fully saturated rings. The molecule has 0 heterocycles. The second kappa shape index (κ2) is 25.5. The van der Waals surface area contributed by atoms with Crippen molar-refractivity contribution in [3.8, 4) is 0 Å². The van der Waals surface area contributed by atoms with E-state index in [-0.39, 0.29) is 81.2 Å². The molecule has 19 nitrogen and oxygen atoms in total. The molecule has 0 saturated carbocycles. The second-order valence-electron chi connectivity index (χ2n) is 12.0. The molecule has 2 aromatic rings. The molecule has 2 atom stereocenters. The van der Waals surface area contributed by atoms with E-state index in [0.717, 1.165) is 9.80 Å². The molecule has 0 radical (unpaired) electrons. The summed E-state index contributed by atoms with van der Waals surface area (Å²) in [6.45, 7) is -1.70. The van der Waals surface area contributed by atoms with Crippen LogP contribution in [-0.2, 0) is 9.59 Å². The van der Waals surface area contributed by atoms with E-state index < -0.39 is 93.3 Å². The molecule has 2 unspecified atom stereocenters. The van der Waals surface area contributed by atoms with Crippen molar-refractivity contribution < 1.29 is 64.5 Å². The molecular formula is C33H40I6N6O13. The molecule has 58 heavy (non-hydrogen) atoms. The van der Waals surface area contributed by atoms with Crippen LogP contribution in [0.4, 0.5) is 11.4 Å². The lowest BCUT2D eigenvalue weighted by molar-refractivity contribution is -0.117. The van der Waals surface area contributed by atoms with Gasteiger partial charge in [0.2, 0.25) is 11.8 Å². The topological polar surface area (TPSA) is 299 Å². The third-order valence-corrected chi connectivity index (χ3v) is 14.2. The molecule has 11 N–H and O–H groups in total. The SMILES string of the molecule is CC(=O)N(CC(O)CN(C(C)=O)c1c(I)c(C(=O)NCCO)c(I)c(C(=O)NCC(O)CO)c1I)c1c(I)c(C(=O)NCCO)c(I)c(C(=O)NCC(O)CO)c1I. The van der Waals surface area contributed by atoms with E-state index in [1.165, 1.54) is 13.8 Å². The highest BCUT2D eigenvalue weighted by Crippen LogP contribution is 2.40. The third kappa shape index (κ3) is 13.7. The number of rotatable bonds is 20. The fraction of sp³-hybridized carbons (Fsp3) is 0.455. The van der Waals surface area contributed by atoms with Gasteiger partial charge in [-0.05, 0) is 136 Å². The minimum absolute atomic E-state index is 0.0312. The van der Waals surface area contributed by atoms with Crippen LogP contribution in [0.2, 0.25) is 0 Å². The van der Waals surface area contributed by atoms with E-state index >= 15 is 0 Å². The lowest BCUT2D eigenvalue weighted by atomic mass is 10.1. The highest BCUT2D eigenvalue weighted by molar-refractivity contribution is 14.1. The zero-order chi connectivity index (χ0) is 44.2. The van der Waals surface area contributed by atoms with Crippen LogP contribution in [0.1, 0.15) is 55.3 Å². The van der Waals surface area contributed by atoms with Gasteiger partial charge in [-0.25, -0.2) is 0 Å². The van der Waals surface area contributed by atoms with Gasteiger partial charge < -0.3 is 66.8 Å². The summed E-state index contributed by atoms with van der Waals surface area (Å²) in [6, 6.07) is 0. The van der Waals surface area contributed by atoms with E-state index in [1.54, 1.807) is 45.2 Å². The Labute approximate surface area is 414 Å². The molecule has 25 heteroatoms. The zero-order valence-electron chi connectivity index (χ0n) is 30.5. The van der Waals surface area contributed by atoms with Crippen LogP contribution in [0.15, 0.2) is 0 Å². The van der Waals surface area contributed by atoms with Crippen molar-refractivity contribution in [2.24, 2.45) is 0 Å². The second-order valence-corrected chi connectivity index (χ2v) is 18.5. The smallest absolute Gasteiger partial charge is 0.253 e. The molecule has 0 bridgehead atoms. The molecule has 0 aliphatic rings. The Morgan fingerprint density at radius 2 is 0.759 bits per heavy atom. The fourth-order valence-corrected chi connectivity index (χ4v) is 14.5. The standard InChI is InChI=1S/C33H40I6N6O13/c1-13(50)44(28-24(36)18(30(55)40-3-5-46)22(34)20(26(28)38)32(57)42-7-15(52)11-48)9-17(54)10-45(14(2)51)29-25(37)19(31(56)41-4-6-47)23(35)21(27(29)39)33(58)43-8-16(53)12-49/h15-17,46-49,52-54H,3-12H2,1-2H3,(H,40,55)(H,41,56)(H,42,57)(H,43,58). The van der Waals surface area contributed by atoms with Crippen molar-refractivity contribution >= 4 is 182 Å². The first kappa shape index (κ1) is 53.5. The molecule has 6 amide bonds. The summed E-state index contributed by atoms with van der Waals surface area (Å²) in [4.78, 5) is 83.1. The van der Waals surface area contributed by atoms with E-state index in [2.05, 4.69) is 21.3 Å². The largest absolute Gasteiger partial charge is 0.395 e. The van der Waals surface area contributed by atoms with Crippen LogP contribution in [0, 0.1) is 21.4 Å². The van der Waals surface area contributed by atoms with Crippen LogP contribution in [0.25, 0.3) is 0 Å². The molecule has 322 valence electrons. The van der Waals surface area contributed by atoms with Crippen LogP contribution >= 0.6 is 136 Å². The number of benzene rings is 2. The van der Waals surface area contributed by atoms with Crippen molar-refractivity contribution in [3.63, 3.8) is 0 Å². The molecule has 0 aromatic heterocycles. The Bertz CT molecular complexity index is 1760. The average molecular weight is 1490 g/mol. The predicted octanol–water partition coefficient (Wildman–Crippen LogP) is -0.309. The number of hydrogen-bond acceptors (Lipinski definition) is 13. The van der Waals surface area contributed by atoms with Gasteiger partial charge in [0, 0.05) is 47.2 Å². The van der Waals surface area contributed by atoms with Gasteiger partial charge in [-0.3, -0.25) is 28.8 Å². The van der Waals surface area contributed by atoms with E-state index in [0.29, 0.717) is 0 Å². The van der Waals surface area contributed by atoms with E-state index in [4.69, 9.17) is 0 Å². The number of carbonyl (C=O) groups is 6. The Morgan fingerprint density at radius 1 is 0.483 bits per heavy atom. The van der Waals surface area contributed by atoms with Gasteiger partial charge in [-0.15, -0.1) is 0 Å². The normalized spacial score (nSPS) is 12.6. The number of hydrogen-bond donors (Lipinski definition) is 11. The van der Waals surface area contributed by atoms with Gasteiger partial charge in [0.05, 0.1) is 106 Å².